The molecule has 0 aliphatic carbocycles. The van der Waals surface area contributed by atoms with Crippen LogP contribution >= 0.6 is 11.5 Å². The Bertz CT molecular complexity index is 1190. The van der Waals surface area contributed by atoms with E-state index in [0.29, 0.717) is 17.1 Å². The summed E-state index contributed by atoms with van der Waals surface area (Å²) in [5, 5.41) is 2.42. The van der Waals surface area contributed by atoms with E-state index >= 15 is 0 Å². The van der Waals surface area contributed by atoms with Crippen molar-refractivity contribution in [3.63, 3.8) is 0 Å². The van der Waals surface area contributed by atoms with Gasteiger partial charge in [-0.2, -0.15) is 17.5 Å². The Kier molecular flexibility index (Phi) is 5.00. The topological polar surface area (TPSA) is 78.1 Å². The largest absolute Gasteiger partial charge is 0.418 e. The van der Waals surface area contributed by atoms with Crippen molar-refractivity contribution in [1.29, 1.82) is 0 Å². The van der Waals surface area contributed by atoms with Crippen molar-refractivity contribution < 1.29 is 22.4 Å². The second kappa shape index (κ2) is 7.38. The lowest BCUT2D eigenvalue weighted by molar-refractivity contribution is -0.136. The Balaban J connectivity index is 1.68. The number of hydrogen-bond acceptors (Lipinski definition) is 5. The number of alkyl halides is 4. The number of hydrogen-bond donors (Lipinski definition) is 2. The lowest BCUT2D eigenvalue weighted by Gasteiger charge is -2.21. The maximum Gasteiger partial charge on any atom is 0.418 e. The van der Waals surface area contributed by atoms with E-state index in [2.05, 4.69) is 14.7 Å². The van der Waals surface area contributed by atoms with Gasteiger partial charge in [-0.05, 0) is 43.1 Å². The highest BCUT2D eigenvalue weighted by molar-refractivity contribution is 7.12. The van der Waals surface area contributed by atoms with Crippen molar-refractivity contribution in [3.8, 4) is 0 Å². The molecule has 2 aromatic heterocycles. The summed E-state index contributed by atoms with van der Waals surface area (Å²) < 4.78 is 58.3. The van der Waals surface area contributed by atoms with Gasteiger partial charge in [-0.3, -0.25) is 9.59 Å². The number of halogens is 4. The number of fused-ring (bicyclic) bond motifs is 1. The maximum atomic E-state index is 13.6. The summed E-state index contributed by atoms with van der Waals surface area (Å²) >= 11 is 1.05. The number of pyridine rings is 1. The Morgan fingerprint density at radius 2 is 2.13 bits per heavy atom. The molecule has 0 radical (unpaired) electrons. The standard InChI is InChI=1S/C19H16F4N4O2S/c1-9-15-16(28)12(7-24-18(15)30-26-9)17(29)25-14-3-2-11(6-13(14)19(21,22)23)27-5-4-10(20)8-27/h2-3,6-7,10H,4-5,8H2,1H3,(H,24,28)(H,25,29)/t10-/m0/s1. The number of anilines is 2. The molecule has 158 valence electrons. The van der Waals surface area contributed by atoms with Crippen LogP contribution in [0.2, 0.25) is 0 Å². The Hall–Kier alpha value is -2.95. The molecule has 4 rings (SSSR count). The molecule has 0 saturated carbocycles. The molecular weight excluding hydrogens is 424 g/mol. The van der Waals surface area contributed by atoms with Crippen LogP contribution < -0.4 is 15.6 Å². The lowest BCUT2D eigenvalue weighted by atomic mass is 10.1. The van der Waals surface area contributed by atoms with Crippen molar-refractivity contribution in [2.24, 2.45) is 0 Å². The fraction of sp³-hybridized carbons (Fsp3) is 0.316. The Morgan fingerprint density at radius 3 is 2.80 bits per heavy atom. The number of aromatic nitrogens is 2. The van der Waals surface area contributed by atoms with Gasteiger partial charge in [0, 0.05) is 25.0 Å². The number of H-pyrrole nitrogens is 1. The van der Waals surface area contributed by atoms with Crippen molar-refractivity contribution in [2.75, 3.05) is 23.3 Å². The average molecular weight is 440 g/mol. The van der Waals surface area contributed by atoms with Crippen LogP contribution in [0.4, 0.5) is 28.9 Å². The summed E-state index contributed by atoms with van der Waals surface area (Å²) in [6.07, 6.45) is -4.43. The van der Waals surface area contributed by atoms with Gasteiger partial charge in [0.25, 0.3) is 5.91 Å². The molecule has 1 atom stereocenters. The zero-order valence-electron chi connectivity index (χ0n) is 15.6. The summed E-state index contributed by atoms with van der Waals surface area (Å²) in [7, 11) is 0. The molecule has 1 fully saturated rings. The van der Waals surface area contributed by atoms with Crippen LogP contribution in [0.5, 0.6) is 0 Å². The number of carbonyl (C=O) groups is 1. The van der Waals surface area contributed by atoms with E-state index in [1.54, 1.807) is 6.92 Å². The monoisotopic (exact) mass is 440 g/mol. The van der Waals surface area contributed by atoms with E-state index in [0.717, 1.165) is 29.9 Å². The van der Waals surface area contributed by atoms with Crippen molar-refractivity contribution in [3.05, 3.63) is 51.4 Å². The van der Waals surface area contributed by atoms with E-state index < -0.39 is 34.9 Å². The first kappa shape index (κ1) is 20.3. The number of aryl methyl sites for hydroxylation is 1. The molecule has 3 aromatic rings. The van der Waals surface area contributed by atoms with E-state index in [-0.39, 0.29) is 29.6 Å². The predicted octanol–water partition coefficient (Wildman–Crippen LogP) is 4.11. The highest BCUT2D eigenvalue weighted by Crippen LogP contribution is 2.38. The highest BCUT2D eigenvalue weighted by atomic mass is 32.1. The third kappa shape index (κ3) is 3.64. The van der Waals surface area contributed by atoms with Crippen LogP contribution in [0, 0.1) is 6.92 Å². The van der Waals surface area contributed by atoms with Gasteiger partial charge in [-0.15, -0.1) is 0 Å². The van der Waals surface area contributed by atoms with Crippen LogP contribution in [-0.4, -0.2) is 34.5 Å². The third-order valence-electron chi connectivity index (χ3n) is 4.98. The predicted molar refractivity (Wildman–Crippen MR) is 106 cm³/mol. The summed E-state index contributed by atoms with van der Waals surface area (Å²) in [6, 6.07) is 3.39. The molecule has 1 amide bonds. The third-order valence-corrected chi connectivity index (χ3v) is 5.85. The minimum Gasteiger partial charge on any atom is -0.368 e. The molecule has 6 nitrogen and oxygen atoms in total. The van der Waals surface area contributed by atoms with E-state index in [4.69, 9.17) is 0 Å². The quantitative estimate of drug-likeness (QED) is 0.601. The van der Waals surface area contributed by atoms with Gasteiger partial charge in [0.2, 0.25) is 5.43 Å². The molecule has 0 bridgehead atoms. The molecule has 1 saturated heterocycles. The zero-order valence-corrected chi connectivity index (χ0v) is 16.5. The molecule has 1 aliphatic heterocycles. The van der Waals surface area contributed by atoms with Gasteiger partial charge in [0.1, 0.15) is 16.6 Å². The van der Waals surface area contributed by atoms with Crippen LogP contribution in [0.1, 0.15) is 28.0 Å². The molecule has 11 heteroatoms. The van der Waals surface area contributed by atoms with Gasteiger partial charge in [-0.1, -0.05) is 0 Å². The number of rotatable bonds is 3. The molecule has 30 heavy (non-hydrogen) atoms. The van der Waals surface area contributed by atoms with Crippen LogP contribution in [0.3, 0.4) is 0 Å². The smallest absolute Gasteiger partial charge is 0.368 e. The zero-order chi connectivity index (χ0) is 21.6. The van der Waals surface area contributed by atoms with Gasteiger partial charge in [0.15, 0.2) is 0 Å². The molecule has 3 heterocycles. The van der Waals surface area contributed by atoms with Gasteiger partial charge in [0.05, 0.1) is 22.3 Å². The van der Waals surface area contributed by atoms with Gasteiger partial charge in [-0.25, -0.2) is 4.39 Å². The fourth-order valence-corrected chi connectivity index (χ4v) is 4.22. The second-order valence-corrected chi connectivity index (χ2v) is 7.79. The SMILES string of the molecule is Cc1nsc2[nH]cc(C(=O)Nc3ccc(N4CC[C@H](F)C4)cc3C(F)(F)F)c(=O)c12. The first-order valence-corrected chi connectivity index (χ1v) is 9.82. The minimum atomic E-state index is -4.75. The summed E-state index contributed by atoms with van der Waals surface area (Å²) in [5.41, 5.74) is -1.82. The first-order valence-electron chi connectivity index (χ1n) is 9.04. The Morgan fingerprint density at radius 1 is 1.37 bits per heavy atom. The molecular formula is C19H16F4N4O2S. The van der Waals surface area contributed by atoms with E-state index in [9.17, 15) is 27.2 Å². The summed E-state index contributed by atoms with van der Waals surface area (Å²) in [5.74, 6) is -0.966. The highest BCUT2D eigenvalue weighted by Gasteiger charge is 2.35. The molecule has 1 aromatic carbocycles. The number of amides is 1. The number of carbonyl (C=O) groups excluding carboxylic acids is 1. The van der Waals surface area contributed by atoms with Gasteiger partial charge >= 0.3 is 6.18 Å². The van der Waals surface area contributed by atoms with Crippen molar-refractivity contribution >= 4 is 39.0 Å². The van der Waals surface area contributed by atoms with Crippen LogP contribution in [0.25, 0.3) is 10.2 Å². The van der Waals surface area contributed by atoms with Gasteiger partial charge < -0.3 is 15.2 Å². The Labute approximate surface area is 171 Å². The molecule has 1 aliphatic rings. The molecule has 0 spiro atoms. The van der Waals surface area contributed by atoms with Crippen LogP contribution in [0.15, 0.2) is 29.2 Å². The maximum absolute atomic E-state index is 13.6. The van der Waals surface area contributed by atoms with Crippen molar-refractivity contribution in [1.82, 2.24) is 9.36 Å². The number of benzene rings is 1. The first-order chi connectivity index (χ1) is 14.1. The number of nitrogens with zero attached hydrogens (tertiary/aromatic N) is 2. The average Bonchev–Trinajstić information content (AvgIpc) is 3.28. The minimum absolute atomic E-state index is 0.0203. The normalized spacial score (nSPS) is 17.0. The number of aromatic amines is 1. The van der Waals surface area contributed by atoms with Crippen LogP contribution in [-0.2, 0) is 6.18 Å². The number of nitrogens with one attached hydrogen (secondary N) is 2. The molecule has 0 unspecified atom stereocenters. The summed E-state index contributed by atoms with van der Waals surface area (Å²) in [6.45, 7) is 1.94. The molecule has 2 N–H and O–H groups in total. The lowest BCUT2D eigenvalue weighted by Crippen LogP contribution is -2.24. The fourth-order valence-electron chi connectivity index (χ4n) is 3.46. The second-order valence-electron chi connectivity index (χ2n) is 7.02. The van der Waals surface area contributed by atoms with E-state index in [1.165, 1.54) is 11.0 Å². The van der Waals surface area contributed by atoms with E-state index in [1.807, 2.05) is 0 Å². The van der Waals surface area contributed by atoms with Crippen molar-refractivity contribution in [2.45, 2.75) is 25.7 Å². The summed E-state index contributed by atoms with van der Waals surface area (Å²) in [4.78, 5) is 30.0.